The van der Waals surface area contributed by atoms with Crippen molar-refractivity contribution in [3.05, 3.63) is 101 Å². The molecule has 1 aliphatic rings. The van der Waals surface area contributed by atoms with Crippen LogP contribution in [0.3, 0.4) is 0 Å². The summed E-state index contributed by atoms with van der Waals surface area (Å²) < 4.78 is 22.8. The highest BCUT2D eigenvalue weighted by Gasteiger charge is 2.47. The number of carbonyl (C=O) groups is 1. The molecule has 5 rings (SSSR count). The Morgan fingerprint density at radius 3 is 2.52 bits per heavy atom. The molecule has 250 valence electrons. The molecule has 0 bridgehead atoms. The number of carbonyl (C=O) groups excluding carboxylic acids is 1. The lowest BCUT2D eigenvalue weighted by molar-refractivity contribution is -0.0444. The fourth-order valence-corrected chi connectivity index (χ4v) is 7.04. The number of para-hydroxylation sites is 2. The lowest BCUT2D eigenvalue weighted by atomic mass is 9.65. The van der Waals surface area contributed by atoms with Crippen LogP contribution in [0.1, 0.15) is 74.4 Å². The van der Waals surface area contributed by atoms with E-state index < -0.39 is 11.7 Å². The highest BCUT2D eigenvalue weighted by atomic mass is 35.5. The number of benzene rings is 3. The van der Waals surface area contributed by atoms with Gasteiger partial charge in [0.1, 0.15) is 17.2 Å². The summed E-state index contributed by atoms with van der Waals surface area (Å²) in [6.45, 7) is 6.57. The van der Waals surface area contributed by atoms with Crippen molar-refractivity contribution in [2.75, 3.05) is 20.1 Å². The van der Waals surface area contributed by atoms with Crippen LogP contribution in [0.25, 0.3) is 11.0 Å². The largest absolute Gasteiger partial charge is 0.442 e. The van der Waals surface area contributed by atoms with Crippen molar-refractivity contribution in [3.8, 4) is 0 Å². The summed E-state index contributed by atoms with van der Waals surface area (Å²) in [5.74, 6) is 1.13. The minimum atomic E-state index is -0.672. The molecule has 1 amide bonds. The monoisotopic (exact) mass is 670 g/mol. The topological polar surface area (TPSA) is 59.4 Å². The third-order valence-corrected chi connectivity index (χ3v) is 9.30. The number of hydrogen-bond donors (Lipinski definition) is 1. The Kier molecular flexibility index (Phi) is 13.9. The van der Waals surface area contributed by atoms with Crippen LogP contribution < -0.4 is 5.32 Å². The third kappa shape index (κ3) is 9.02. The maximum atomic E-state index is 14.2. The van der Waals surface area contributed by atoms with Crippen LogP contribution in [0.2, 0.25) is 0 Å². The predicted octanol–water partition coefficient (Wildman–Crippen LogP) is 8.64. The maximum absolute atomic E-state index is 14.2. The Labute approximate surface area is 285 Å². The van der Waals surface area contributed by atoms with Crippen LogP contribution in [-0.4, -0.2) is 46.3 Å². The Morgan fingerprint density at radius 2 is 1.78 bits per heavy atom. The van der Waals surface area contributed by atoms with Crippen molar-refractivity contribution in [1.29, 1.82) is 0 Å². The standard InChI is InChI=1S/C37H47FN4O2.2ClH/c1-27(2)35-31-19-18-30(38)25-29(31)20-21-37(35,44-36(43)39-26-28-13-7-5-8-14-28)22-24-41(3)23-12-6-9-17-34-40-32-15-10-11-16-33(32)42(34)4;;/h5,7-8,10-11,13-16,18-19,25,27,35H,6,9,12,17,20-24,26H2,1-4H3,(H,39,43);2*1H/t35-,37-;;/m0../s1. The van der Waals surface area contributed by atoms with Gasteiger partial charge in [-0.05, 0) is 86.1 Å². The number of halogens is 3. The van der Waals surface area contributed by atoms with E-state index in [9.17, 15) is 9.18 Å². The zero-order valence-corrected chi connectivity index (χ0v) is 29.1. The molecular weight excluding hydrogens is 622 g/mol. The number of imidazole rings is 1. The van der Waals surface area contributed by atoms with Gasteiger partial charge < -0.3 is 19.5 Å². The molecule has 1 aliphatic carbocycles. The van der Waals surface area contributed by atoms with Crippen LogP contribution in [-0.2, 0) is 31.2 Å². The first-order valence-corrected chi connectivity index (χ1v) is 16.1. The second kappa shape index (κ2) is 17.1. The van der Waals surface area contributed by atoms with Gasteiger partial charge in [-0.3, -0.25) is 0 Å². The van der Waals surface area contributed by atoms with Crippen molar-refractivity contribution >= 4 is 41.9 Å². The zero-order chi connectivity index (χ0) is 31.1. The summed E-state index contributed by atoms with van der Waals surface area (Å²) in [4.78, 5) is 20.5. The van der Waals surface area contributed by atoms with Crippen molar-refractivity contribution in [1.82, 2.24) is 19.8 Å². The molecule has 0 unspecified atom stereocenters. The highest BCUT2D eigenvalue weighted by molar-refractivity contribution is 5.85. The number of hydrogen-bond acceptors (Lipinski definition) is 4. The van der Waals surface area contributed by atoms with Crippen LogP contribution in [0.15, 0.2) is 72.8 Å². The van der Waals surface area contributed by atoms with Crippen LogP contribution in [0.4, 0.5) is 9.18 Å². The van der Waals surface area contributed by atoms with E-state index in [-0.39, 0.29) is 42.5 Å². The fraction of sp³-hybridized carbons (Fsp3) is 0.459. The van der Waals surface area contributed by atoms with E-state index in [1.165, 1.54) is 5.52 Å². The molecule has 0 aliphatic heterocycles. The molecule has 0 radical (unpaired) electrons. The predicted molar refractivity (Wildman–Crippen MR) is 190 cm³/mol. The van der Waals surface area contributed by atoms with Gasteiger partial charge in [0.2, 0.25) is 0 Å². The van der Waals surface area contributed by atoms with Gasteiger partial charge >= 0.3 is 6.09 Å². The number of aromatic nitrogens is 2. The minimum Gasteiger partial charge on any atom is -0.442 e. The number of unbranched alkanes of at least 4 members (excludes halogenated alkanes) is 2. The molecule has 0 spiro atoms. The molecule has 46 heavy (non-hydrogen) atoms. The number of nitrogens with one attached hydrogen (secondary N) is 1. The normalized spacial score (nSPS) is 17.3. The smallest absolute Gasteiger partial charge is 0.407 e. The zero-order valence-electron chi connectivity index (χ0n) is 27.5. The number of rotatable bonds is 13. The summed E-state index contributed by atoms with van der Waals surface area (Å²) in [7, 11) is 4.26. The van der Waals surface area contributed by atoms with Gasteiger partial charge in [0.15, 0.2) is 0 Å². The molecule has 1 heterocycles. The van der Waals surface area contributed by atoms with Gasteiger partial charge in [-0.2, -0.15) is 0 Å². The fourth-order valence-electron chi connectivity index (χ4n) is 7.04. The van der Waals surface area contributed by atoms with Gasteiger partial charge in [0.25, 0.3) is 0 Å². The van der Waals surface area contributed by atoms with E-state index in [1.807, 2.05) is 42.5 Å². The van der Waals surface area contributed by atoms with Gasteiger partial charge in [-0.25, -0.2) is 14.2 Å². The summed E-state index contributed by atoms with van der Waals surface area (Å²) in [6, 6.07) is 23.3. The number of aryl methyl sites for hydroxylation is 3. The van der Waals surface area contributed by atoms with Crippen molar-refractivity contribution in [3.63, 3.8) is 0 Å². The molecule has 3 aromatic carbocycles. The highest BCUT2D eigenvalue weighted by Crippen LogP contribution is 2.48. The Bertz CT molecular complexity index is 1550. The maximum Gasteiger partial charge on any atom is 0.407 e. The SMILES string of the molecule is CC(C)[C@H]1c2ccc(F)cc2CC[C@@]1(CCN(C)CCCCCc1nc2ccccc2n1C)OC(=O)NCc1ccccc1.Cl.Cl. The van der Waals surface area contributed by atoms with Gasteiger partial charge in [-0.15, -0.1) is 24.8 Å². The Morgan fingerprint density at radius 1 is 1.04 bits per heavy atom. The first kappa shape index (κ1) is 37.3. The molecule has 6 nitrogen and oxygen atoms in total. The van der Waals surface area contributed by atoms with E-state index in [4.69, 9.17) is 9.72 Å². The van der Waals surface area contributed by atoms with Crippen molar-refractivity contribution in [2.24, 2.45) is 13.0 Å². The number of ether oxygens (including phenoxy) is 1. The number of amides is 1. The molecule has 9 heteroatoms. The second-order valence-corrected chi connectivity index (χ2v) is 12.8. The van der Waals surface area contributed by atoms with E-state index in [1.54, 1.807) is 12.1 Å². The molecule has 1 N–H and O–H groups in total. The molecule has 0 saturated heterocycles. The van der Waals surface area contributed by atoms with E-state index >= 15 is 0 Å². The molecule has 1 aromatic heterocycles. The summed E-state index contributed by atoms with van der Waals surface area (Å²) >= 11 is 0. The minimum absolute atomic E-state index is 0. The van der Waals surface area contributed by atoms with Crippen LogP contribution >= 0.6 is 24.8 Å². The average molecular weight is 672 g/mol. The summed E-state index contributed by atoms with van der Waals surface area (Å²) in [5, 5.41) is 2.98. The first-order chi connectivity index (χ1) is 21.3. The molecule has 0 fully saturated rings. The lowest BCUT2D eigenvalue weighted by Gasteiger charge is -2.47. The van der Waals surface area contributed by atoms with Crippen LogP contribution in [0.5, 0.6) is 0 Å². The van der Waals surface area contributed by atoms with Gasteiger partial charge in [0, 0.05) is 38.9 Å². The summed E-state index contributed by atoms with van der Waals surface area (Å²) in [6.07, 6.45) is 6.00. The average Bonchev–Trinajstić information content (AvgIpc) is 3.34. The number of fused-ring (bicyclic) bond motifs is 2. The summed E-state index contributed by atoms with van der Waals surface area (Å²) in [5.41, 5.74) is 4.73. The molecular formula is C37H49Cl2FN4O2. The van der Waals surface area contributed by atoms with Crippen molar-refractivity contribution in [2.45, 2.75) is 76.9 Å². The number of nitrogens with zero attached hydrogens (tertiary/aromatic N) is 3. The Hall–Kier alpha value is -3.13. The Balaban J connectivity index is 0.00000288. The lowest BCUT2D eigenvalue weighted by Crippen LogP contribution is -2.50. The number of alkyl carbamates (subject to hydrolysis) is 1. The molecule has 0 saturated carbocycles. The molecule has 2 atom stereocenters. The second-order valence-electron chi connectivity index (χ2n) is 12.8. The third-order valence-electron chi connectivity index (χ3n) is 9.30. The van der Waals surface area contributed by atoms with Gasteiger partial charge in [0.05, 0.1) is 11.0 Å². The van der Waals surface area contributed by atoms with Crippen molar-refractivity contribution < 1.29 is 13.9 Å². The first-order valence-electron chi connectivity index (χ1n) is 16.1. The quantitative estimate of drug-likeness (QED) is 0.145. The van der Waals surface area contributed by atoms with E-state index in [2.05, 4.69) is 60.9 Å². The van der Waals surface area contributed by atoms with E-state index in [0.29, 0.717) is 19.4 Å². The van der Waals surface area contributed by atoms with Crippen LogP contribution in [0, 0.1) is 11.7 Å². The molecule has 4 aromatic rings. The van der Waals surface area contributed by atoms with Gasteiger partial charge in [-0.1, -0.05) is 68.8 Å². The van der Waals surface area contributed by atoms with E-state index in [0.717, 1.165) is 73.2 Å².